The summed E-state index contributed by atoms with van der Waals surface area (Å²) in [5.74, 6) is 0.135. The first-order valence-corrected chi connectivity index (χ1v) is 7.75. The monoisotopic (exact) mass is 276 g/mol. The summed E-state index contributed by atoms with van der Waals surface area (Å²) in [4.78, 5) is 11.9. The van der Waals surface area contributed by atoms with Crippen LogP contribution in [0.15, 0.2) is 24.3 Å². The molecule has 1 aromatic rings. The highest BCUT2D eigenvalue weighted by molar-refractivity contribution is 5.76. The number of hydrogen-bond donors (Lipinski definition) is 2. The van der Waals surface area contributed by atoms with E-state index >= 15 is 0 Å². The van der Waals surface area contributed by atoms with Gasteiger partial charge in [0.05, 0.1) is 0 Å². The first kappa shape index (κ1) is 16.5. The number of carbonyl (C=O) groups excluding carboxylic acids is 1. The van der Waals surface area contributed by atoms with Crippen molar-refractivity contribution >= 4 is 11.6 Å². The highest BCUT2D eigenvalue weighted by Gasteiger charge is 2.07. The Hall–Kier alpha value is -1.51. The van der Waals surface area contributed by atoms with Gasteiger partial charge in [-0.25, -0.2) is 0 Å². The summed E-state index contributed by atoms with van der Waals surface area (Å²) < 4.78 is 0. The molecule has 0 aromatic heterocycles. The predicted molar refractivity (Wildman–Crippen MR) is 85.5 cm³/mol. The molecule has 0 aliphatic heterocycles. The minimum absolute atomic E-state index is 0.135. The number of nitrogens with one attached hydrogen (secondary N) is 1. The quantitative estimate of drug-likeness (QED) is 0.534. The lowest BCUT2D eigenvalue weighted by atomic mass is 10.1. The molecule has 1 atom stereocenters. The van der Waals surface area contributed by atoms with Crippen molar-refractivity contribution in [2.24, 2.45) is 0 Å². The van der Waals surface area contributed by atoms with Gasteiger partial charge in [-0.15, -0.1) is 0 Å². The summed E-state index contributed by atoms with van der Waals surface area (Å²) in [5.41, 5.74) is 7.60. The van der Waals surface area contributed by atoms with Gasteiger partial charge in [0.25, 0.3) is 0 Å². The van der Waals surface area contributed by atoms with Gasteiger partial charge in [-0.2, -0.15) is 0 Å². The number of benzene rings is 1. The number of rotatable bonds is 9. The van der Waals surface area contributed by atoms with Gasteiger partial charge in [0, 0.05) is 18.2 Å². The molecule has 1 rings (SSSR count). The molecule has 0 aliphatic rings. The third-order valence-corrected chi connectivity index (χ3v) is 3.49. The Balaban J connectivity index is 2.19. The van der Waals surface area contributed by atoms with E-state index in [0.717, 1.165) is 24.1 Å². The second kappa shape index (κ2) is 9.40. The van der Waals surface area contributed by atoms with Crippen LogP contribution in [0.2, 0.25) is 0 Å². The van der Waals surface area contributed by atoms with Crippen LogP contribution in [0, 0.1) is 0 Å². The number of carbonyl (C=O) groups is 1. The molecule has 1 aromatic carbocycles. The third kappa shape index (κ3) is 7.17. The van der Waals surface area contributed by atoms with Gasteiger partial charge in [0.1, 0.15) is 0 Å². The molecular weight excluding hydrogens is 248 g/mol. The van der Waals surface area contributed by atoms with Gasteiger partial charge in [-0.05, 0) is 37.5 Å². The summed E-state index contributed by atoms with van der Waals surface area (Å²) in [6.45, 7) is 4.30. The van der Waals surface area contributed by atoms with Crippen molar-refractivity contribution in [3.05, 3.63) is 29.8 Å². The third-order valence-electron chi connectivity index (χ3n) is 3.49. The van der Waals surface area contributed by atoms with E-state index in [2.05, 4.69) is 19.2 Å². The van der Waals surface area contributed by atoms with E-state index in [1.807, 2.05) is 24.3 Å². The smallest absolute Gasteiger partial charge is 0.220 e. The topological polar surface area (TPSA) is 55.1 Å². The van der Waals surface area contributed by atoms with E-state index in [4.69, 9.17) is 5.73 Å². The Kier molecular flexibility index (Phi) is 7.78. The highest BCUT2D eigenvalue weighted by atomic mass is 16.1. The van der Waals surface area contributed by atoms with Crippen LogP contribution in [0.1, 0.15) is 57.9 Å². The van der Waals surface area contributed by atoms with Crippen molar-refractivity contribution in [3.8, 4) is 0 Å². The first-order valence-electron chi connectivity index (χ1n) is 7.75. The lowest BCUT2D eigenvalue weighted by molar-refractivity contribution is -0.121. The van der Waals surface area contributed by atoms with Crippen LogP contribution in [0.4, 0.5) is 5.69 Å². The molecule has 0 spiro atoms. The molecule has 3 N–H and O–H groups in total. The van der Waals surface area contributed by atoms with Crippen LogP contribution >= 0.6 is 0 Å². The van der Waals surface area contributed by atoms with Crippen LogP contribution in [0.3, 0.4) is 0 Å². The molecule has 3 heteroatoms. The molecule has 0 radical (unpaired) electrons. The summed E-state index contributed by atoms with van der Waals surface area (Å²) in [5, 5.41) is 3.07. The Labute approximate surface area is 122 Å². The van der Waals surface area contributed by atoms with Gasteiger partial charge in [-0.1, -0.05) is 44.7 Å². The van der Waals surface area contributed by atoms with Gasteiger partial charge < -0.3 is 11.1 Å². The molecule has 0 bridgehead atoms. The average Bonchev–Trinajstić information content (AvgIpc) is 2.41. The number of hydrogen-bond acceptors (Lipinski definition) is 2. The lowest BCUT2D eigenvalue weighted by Gasteiger charge is -2.13. The van der Waals surface area contributed by atoms with E-state index in [9.17, 15) is 4.79 Å². The number of nitrogen functional groups attached to an aromatic ring is 1. The SMILES string of the molecule is CCCCCCC(C)NC(=O)CCc1cccc(N)c1. The zero-order valence-corrected chi connectivity index (χ0v) is 12.8. The van der Waals surface area contributed by atoms with Crippen LogP contribution in [-0.4, -0.2) is 11.9 Å². The van der Waals surface area contributed by atoms with E-state index in [1.54, 1.807) is 0 Å². The predicted octanol–water partition coefficient (Wildman–Crippen LogP) is 3.68. The van der Waals surface area contributed by atoms with Crippen molar-refractivity contribution < 1.29 is 4.79 Å². The summed E-state index contributed by atoms with van der Waals surface area (Å²) in [6.07, 6.45) is 7.35. The molecule has 0 fully saturated rings. The number of amides is 1. The minimum Gasteiger partial charge on any atom is -0.399 e. The van der Waals surface area contributed by atoms with Crippen LogP contribution in [0.25, 0.3) is 0 Å². The van der Waals surface area contributed by atoms with Gasteiger partial charge in [0.15, 0.2) is 0 Å². The van der Waals surface area contributed by atoms with Crippen LogP contribution in [-0.2, 0) is 11.2 Å². The Morgan fingerprint density at radius 1 is 1.30 bits per heavy atom. The van der Waals surface area contributed by atoms with Crippen molar-refractivity contribution in [1.82, 2.24) is 5.32 Å². The molecule has 0 aliphatic carbocycles. The Morgan fingerprint density at radius 3 is 2.80 bits per heavy atom. The molecule has 0 saturated heterocycles. The standard InChI is InChI=1S/C17H28N2O/c1-3-4-5-6-8-14(2)19-17(20)12-11-15-9-7-10-16(18)13-15/h7,9-10,13-14H,3-6,8,11-12,18H2,1-2H3,(H,19,20). The van der Waals surface area contributed by atoms with Crippen LogP contribution in [0.5, 0.6) is 0 Å². The average molecular weight is 276 g/mol. The summed E-state index contributed by atoms with van der Waals surface area (Å²) in [7, 11) is 0. The molecule has 0 heterocycles. The van der Waals surface area contributed by atoms with Crippen molar-refractivity contribution in [2.45, 2.75) is 64.8 Å². The van der Waals surface area contributed by atoms with E-state index in [0.29, 0.717) is 6.42 Å². The van der Waals surface area contributed by atoms with Gasteiger partial charge in [0.2, 0.25) is 5.91 Å². The Morgan fingerprint density at radius 2 is 2.10 bits per heavy atom. The van der Waals surface area contributed by atoms with Gasteiger partial charge in [-0.3, -0.25) is 4.79 Å². The normalized spacial score (nSPS) is 12.1. The van der Waals surface area contributed by atoms with E-state index < -0.39 is 0 Å². The fourth-order valence-electron chi connectivity index (χ4n) is 2.30. The molecule has 0 saturated carbocycles. The van der Waals surface area contributed by atoms with Crippen LogP contribution < -0.4 is 11.1 Å². The van der Waals surface area contributed by atoms with Crippen molar-refractivity contribution in [3.63, 3.8) is 0 Å². The zero-order valence-electron chi connectivity index (χ0n) is 12.8. The maximum Gasteiger partial charge on any atom is 0.220 e. The summed E-state index contributed by atoms with van der Waals surface area (Å²) in [6, 6.07) is 8.01. The fourth-order valence-corrected chi connectivity index (χ4v) is 2.30. The first-order chi connectivity index (χ1) is 9.61. The number of nitrogens with two attached hydrogens (primary N) is 1. The molecule has 1 amide bonds. The zero-order chi connectivity index (χ0) is 14.8. The second-order valence-corrected chi connectivity index (χ2v) is 5.56. The van der Waals surface area contributed by atoms with Gasteiger partial charge >= 0.3 is 0 Å². The highest BCUT2D eigenvalue weighted by Crippen LogP contribution is 2.09. The Bertz CT molecular complexity index is 404. The molecule has 20 heavy (non-hydrogen) atoms. The summed E-state index contributed by atoms with van der Waals surface area (Å²) >= 11 is 0. The van der Waals surface area contributed by atoms with E-state index in [1.165, 1.54) is 25.7 Å². The van der Waals surface area contributed by atoms with E-state index in [-0.39, 0.29) is 11.9 Å². The minimum atomic E-state index is 0.135. The fraction of sp³-hybridized carbons (Fsp3) is 0.588. The maximum absolute atomic E-state index is 11.9. The molecule has 112 valence electrons. The maximum atomic E-state index is 11.9. The number of anilines is 1. The number of aryl methyl sites for hydroxylation is 1. The van der Waals surface area contributed by atoms with Crippen molar-refractivity contribution in [2.75, 3.05) is 5.73 Å². The molecular formula is C17H28N2O. The van der Waals surface area contributed by atoms with Crippen molar-refractivity contribution in [1.29, 1.82) is 0 Å². The number of unbranched alkanes of at least 4 members (excludes halogenated alkanes) is 3. The lowest BCUT2D eigenvalue weighted by Crippen LogP contribution is -2.32. The molecule has 1 unspecified atom stereocenters. The second-order valence-electron chi connectivity index (χ2n) is 5.56. The largest absolute Gasteiger partial charge is 0.399 e. The molecule has 3 nitrogen and oxygen atoms in total.